The van der Waals surface area contributed by atoms with E-state index < -0.39 is 5.54 Å². The van der Waals surface area contributed by atoms with Crippen molar-refractivity contribution in [1.29, 1.82) is 0 Å². The van der Waals surface area contributed by atoms with Crippen molar-refractivity contribution in [2.45, 2.75) is 50.1 Å². The van der Waals surface area contributed by atoms with Crippen molar-refractivity contribution in [1.82, 2.24) is 5.32 Å². The van der Waals surface area contributed by atoms with E-state index in [9.17, 15) is 4.79 Å². The van der Waals surface area contributed by atoms with Crippen LogP contribution in [0.4, 0.5) is 0 Å². The first kappa shape index (κ1) is 24.3. The minimum Gasteiger partial charge on any atom is -0.466 e. The summed E-state index contributed by atoms with van der Waals surface area (Å²) in [7, 11) is 1.48. The van der Waals surface area contributed by atoms with Crippen LogP contribution in [0.3, 0.4) is 0 Å². The zero-order valence-corrected chi connectivity index (χ0v) is 21.0. The molecule has 1 saturated carbocycles. The molecule has 5 rings (SSSR count). The first-order valence-electron chi connectivity index (χ1n) is 13.1. The summed E-state index contributed by atoms with van der Waals surface area (Å²) in [5, 5.41) is 4.04. The summed E-state index contributed by atoms with van der Waals surface area (Å²) in [4.78, 5) is 12.8. The Hall–Kier alpha value is -3.43. The van der Waals surface area contributed by atoms with E-state index in [1.54, 1.807) is 0 Å². The normalized spacial score (nSPS) is 20.0. The zero-order valence-electron chi connectivity index (χ0n) is 21.0. The summed E-state index contributed by atoms with van der Waals surface area (Å²) in [6.07, 6.45) is 11.4. The molecule has 1 fully saturated rings. The lowest BCUT2D eigenvalue weighted by atomic mass is 9.76. The fraction of sp³-hybridized carbons (Fsp3) is 0.303. The number of carbonyl (C=O) groups is 1. The number of allylic oxidation sites excluding steroid dienone is 2. The second-order valence-electron chi connectivity index (χ2n) is 9.94. The number of hydrogen-bond donors (Lipinski definition) is 1. The number of hydrogen-bond acceptors (Lipinski definition) is 3. The van der Waals surface area contributed by atoms with Crippen molar-refractivity contribution in [3.63, 3.8) is 0 Å². The van der Waals surface area contributed by atoms with Gasteiger partial charge < -0.3 is 4.74 Å². The quantitative estimate of drug-likeness (QED) is 0.227. The van der Waals surface area contributed by atoms with E-state index in [1.807, 2.05) is 0 Å². The number of methoxy groups -OCH3 is 1. The van der Waals surface area contributed by atoms with Crippen molar-refractivity contribution in [3.05, 3.63) is 131 Å². The Bertz CT molecular complexity index is 1110. The molecule has 0 aliphatic heterocycles. The SMILES string of the molecule is COC(=O)C1=C[C@H](NC(c2ccccc2)(c2ccccc2)c2ccccc2)C[C@H]1C=C1CCCCC1. The number of esters is 1. The molecule has 3 nitrogen and oxygen atoms in total. The van der Waals surface area contributed by atoms with Crippen LogP contribution in [-0.2, 0) is 15.1 Å². The molecule has 0 unspecified atom stereocenters. The van der Waals surface area contributed by atoms with Crippen molar-refractivity contribution >= 4 is 5.97 Å². The summed E-state index contributed by atoms with van der Waals surface area (Å²) in [6, 6.07) is 31.9. The lowest BCUT2D eigenvalue weighted by Crippen LogP contribution is -2.48. The van der Waals surface area contributed by atoms with Gasteiger partial charge in [0.15, 0.2) is 0 Å². The van der Waals surface area contributed by atoms with E-state index in [2.05, 4.69) is 108 Å². The monoisotopic (exact) mass is 477 g/mol. The van der Waals surface area contributed by atoms with E-state index in [4.69, 9.17) is 4.74 Å². The van der Waals surface area contributed by atoms with Gasteiger partial charge in [-0.1, -0.05) is 115 Å². The number of rotatable bonds is 7. The Morgan fingerprint density at radius 3 is 1.78 bits per heavy atom. The topological polar surface area (TPSA) is 38.3 Å². The third kappa shape index (κ3) is 4.94. The van der Waals surface area contributed by atoms with Crippen LogP contribution in [0.5, 0.6) is 0 Å². The van der Waals surface area contributed by atoms with Crippen LogP contribution in [0.25, 0.3) is 0 Å². The average Bonchev–Trinajstić information content (AvgIpc) is 3.35. The summed E-state index contributed by atoms with van der Waals surface area (Å²) < 4.78 is 5.22. The Balaban J connectivity index is 1.59. The average molecular weight is 478 g/mol. The fourth-order valence-electron chi connectivity index (χ4n) is 5.95. The van der Waals surface area contributed by atoms with Gasteiger partial charge in [0.2, 0.25) is 0 Å². The Kier molecular flexibility index (Phi) is 7.48. The lowest BCUT2D eigenvalue weighted by Gasteiger charge is -2.39. The van der Waals surface area contributed by atoms with E-state index in [1.165, 1.54) is 48.6 Å². The van der Waals surface area contributed by atoms with Crippen molar-refractivity contribution in [3.8, 4) is 0 Å². The van der Waals surface area contributed by atoms with Crippen LogP contribution in [0, 0.1) is 5.92 Å². The molecule has 0 spiro atoms. The molecule has 2 aliphatic rings. The minimum absolute atomic E-state index is 0.00478. The molecule has 3 aromatic carbocycles. The molecule has 0 radical (unpaired) electrons. The smallest absolute Gasteiger partial charge is 0.334 e. The zero-order chi connectivity index (χ0) is 24.8. The van der Waals surface area contributed by atoms with E-state index >= 15 is 0 Å². The maximum atomic E-state index is 12.8. The van der Waals surface area contributed by atoms with Gasteiger partial charge in [-0.25, -0.2) is 4.79 Å². The van der Waals surface area contributed by atoms with Gasteiger partial charge in [0, 0.05) is 17.5 Å². The van der Waals surface area contributed by atoms with Gasteiger partial charge in [-0.2, -0.15) is 0 Å². The van der Waals surface area contributed by atoms with Crippen LogP contribution in [-0.4, -0.2) is 19.1 Å². The molecule has 0 heterocycles. The molecule has 36 heavy (non-hydrogen) atoms. The van der Waals surface area contributed by atoms with Crippen LogP contribution < -0.4 is 5.32 Å². The predicted molar refractivity (Wildman–Crippen MR) is 146 cm³/mol. The molecule has 184 valence electrons. The van der Waals surface area contributed by atoms with Crippen molar-refractivity contribution in [2.24, 2.45) is 5.92 Å². The molecule has 3 heteroatoms. The number of ether oxygens (including phenoxy) is 1. The van der Waals surface area contributed by atoms with Gasteiger partial charge in [-0.3, -0.25) is 5.32 Å². The summed E-state index contributed by atoms with van der Waals surface area (Å²) in [5.74, 6) is -0.148. The van der Waals surface area contributed by atoms with Crippen molar-refractivity contribution in [2.75, 3.05) is 7.11 Å². The van der Waals surface area contributed by atoms with Crippen LogP contribution in [0.15, 0.2) is 114 Å². The summed E-state index contributed by atoms with van der Waals surface area (Å²) in [5.41, 5.74) is 5.20. The Morgan fingerprint density at radius 1 is 0.806 bits per heavy atom. The van der Waals surface area contributed by atoms with Gasteiger partial charge in [0.25, 0.3) is 0 Å². The highest BCUT2D eigenvalue weighted by Crippen LogP contribution is 2.40. The van der Waals surface area contributed by atoms with Crippen LogP contribution in [0.1, 0.15) is 55.2 Å². The summed E-state index contributed by atoms with van der Waals surface area (Å²) in [6.45, 7) is 0. The molecule has 2 atom stereocenters. The molecule has 0 aromatic heterocycles. The number of nitrogens with one attached hydrogen (secondary N) is 1. The van der Waals surface area contributed by atoms with Crippen LogP contribution >= 0.6 is 0 Å². The largest absolute Gasteiger partial charge is 0.466 e. The van der Waals surface area contributed by atoms with Gasteiger partial charge in [-0.15, -0.1) is 0 Å². The molecule has 3 aromatic rings. The van der Waals surface area contributed by atoms with E-state index in [0.29, 0.717) is 0 Å². The van der Waals surface area contributed by atoms with E-state index in [0.717, 1.165) is 24.8 Å². The maximum Gasteiger partial charge on any atom is 0.334 e. The highest BCUT2D eigenvalue weighted by atomic mass is 16.5. The molecule has 0 saturated heterocycles. The van der Waals surface area contributed by atoms with Gasteiger partial charge in [-0.05, 0) is 48.8 Å². The lowest BCUT2D eigenvalue weighted by molar-refractivity contribution is -0.136. The third-order valence-electron chi connectivity index (χ3n) is 7.66. The highest BCUT2D eigenvalue weighted by molar-refractivity contribution is 5.90. The molecule has 1 N–H and O–H groups in total. The van der Waals surface area contributed by atoms with Crippen molar-refractivity contribution < 1.29 is 9.53 Å². The molecular weight excluding hydrogens is 442 g/mol. The van der Waals surface area contributed by atoms with E-state index in [-0.39, 0.29) is 17.9 Å². The standard InChI is InChI=1S/C33H35NO2/c1-36-32(35)31-24-30(23-26(31)22-25-14-6-2-7-15-25)34-33(27-16-8-3-9-17-27,28-18-10-4-11-19-28)29-20-12-5-13-21-29/h3-5,8-13,16-22,24,26,30,34H,2,6-7,14-15,23H2,1H3/t26-,30-/m1/s1. The maximum absolute atomic E-state index is 12.8. The van der Waals surface area contributed by atoms with Gasteiger partial charge in [0.05, 0.1) is 12.6 Å². The Labute approximate surface area is 214 Å². The molecule has 2 aliphatic carbocycles. The first-order chi connectivity index (χ1) is 17.7. The summed E-state index contributed by atoms with van der Waals surface area (Å²) >= 11 is 0. The molecule has 0 bridgehead atoms. The fourth-order valence-corrected chi connectivity index (χ4v) is 5.95. The number of carbonyl (C=O) groups excluding carboxylic acids is 1. The molecule has 0 amide bonds. The first-order valence-corrected chi connectivity index (χ1v) is 13.1. The second kappa shape index (κ2) is 11.1. The third-order valence-corrected chi connectivity index (χ3v) is 7.66. The minimum atomic E-state index is -0.570. The van der Waals surface area contributed by atoms with Crippen LogP contribution in [0.2, 0.25) is 0 Å². The second-order valence-corrected chi connectivity index (χ2v) is 9.94. The number of benzene rings is 3. The predicted octanol–water partition coefficient (Wildman–Crippen LogP) is 6.95. The van der Waals surface area contributed by atoms with Gasteiger partial charge in [0.1, 0.15) is 0 Å². The highest BCUT2D eigenvalue weighted by Gasteiger charge is 2.40. The van der Waals surface area contributed by atoms with Gasteiger partial charge >= 0.3 is 5.97 Å². The Morgan fingerprint density at radius 2 is 1.31 bits per heavy atom. The molecular formula is C33H35NO2.